The molecule has 3 heteroatoms. The van der Waals surface area contributed by atoms with Crippen LogP contribution in [0.5, 0.6) is 5.75 Å². The maximum absolute atomic E-state index is 12.8. The van der Waals surface area contributed by atoms with Gasteiger partial charge in [0.2, 0.25) is 0 Å². The summed E-state index contributed by atoms with van der Waals surface area (Å²) < 4.78 is 12.8. The van der Waals surface area contributed by atoms with Gasteiger partial charge in [0, 0.05) is 5.54 Å². The van der Waals surface area contributed by atoms with Crippen LogP contribution in [0.3, 0.4) is 0 Å². The number of aryl methyl sites for hydroxylation is 1. The van der Waals surface area contributed by atoms with Gasteiger partial charge in [-0.3, -0.25) is 0 Å². The van der Waals surface area contributed by atoms with Crippen LogP contribution < -0.4 is 5.73 Å². The lowest BCUT2D eigenvalue weighted by Gasteiger charge is -2.18. The highest BCUT2D eigenvalue weighted by atomic mass is 19.1. The van der Waals surface area contributed by atoms with Crippen molar-refractivity contribution in [2.45, 2.75) is 32.2 Å². The lowest BCUT2D eigenvalue weighted by Crippen LogP contribution is -2.32. The zero-order valence-electron chi connectivity index (χ0n) is 8.55. The third-order valence-corrected chi connectivity index (χ3v) is 2.08. The van der Waals surface area contributed by atoms with Crippen LogP contribution in [0, 0.1) is 5.82 Å². The minimum absolute atomic E-state index is 0.135. The average Bonchev–Trinajstić information content (AvgIpc) is 2.05. The lowest BCUT2D eigenvalue weighted by molar-refractivity contribution is 0.446. The number of halogens is 1. The topological polar surface area (TPSA) is 46.2 Å². The molecule has 0 aromatic heterocycles. The molecule has 0 amide bonds. The van der Waals surface area contributed by atoms with Crippen LogP contribution in [-0.4, -0.2) is 10.6 Å². The van der Waals surface area contributed by atoms with Crippen LogP contribution >= 0.6 is 0 Å². The Morgan fingerprint density at radius 2 is 2.07 bits per heavy atom. The molecule has 14 heavy (non-hydrogen) atoms. The molecule has 1 rings (SSSR count). The van der Waals surface area contributed by atoms with Crippen LogP contribution in [-0.2, 0) is 6.42 Å². The number of phenols is 1. The summed E-state index contributed by atoms with van der Waals surface area (Å²) in [5, 5.41) is 9.42. The molecule has 0 aliphatic rings. The predicted molar refractivity (Wildman–Crippen MR) is 54.7 cm³/mol. The van der Waals surface area contributed by atoms with Crippen molar-refractivity contribution >= 4 is 0 Å². The van der Waals surface area contributed by atoms with E-state index in [-0.39, 0.29) is 17.1 Å². The Balaban J connectivity index is 2.72. The van der Waals surface area contributed by atoms with Crippen LogP contribution in [0.1, 0.15) is 25.8 Å². The maximum atomic E-state index is 12.8. The van der Waals surface area contributed by atoms with Crippen LogP contribution in [0.2, 0.25) is 0 Å². The quantitative estimate of drug-likeness (QED) is 0.780. The number of nitrogens with two attached hydrogens (primary N) is 1. The van der Waals surface area contributed by atoms with E-state index in [1.165, 1.54) is 18.2 Å². The lowest BCUT2D eigenvalue weighted by atomic mass is 9.96. The van der Waals surface area contributed by atoms with Gasteiger partial charge in [0.1, 0.15) is 11.6 Å². The summed E-state index contributed by atoms with van der Waals surface area (Å²) >= 11 is 0. The van der Waals surface area contributed by atoms with E-state index >= 15 is 0 Å². The fourth-order valence-electron chi connectivity index (χ4n) is 1.21. The van der Waals surface area contributed by atoms with E-state index in [0.29, 0.717) is 18.4 Å². The van der Waals surface area contributed by atoms with Crippen molar-refractivity contribution in [2.24, 2.45) is 5.73 Å². The summed E-state index contributed by atoms with van der Waals surface area (Å²) in [6, 6.07) is 3.96. The number of hydrogen-bond donors (Lipinski definition) is 2. The van der Waals surface area contributed by atoms with E-state index in [1.807, 2.05) is 13.8 Å². The summed E-state index contributed by atoms with van der Waals surface area (Å²) in [5.41, 5.74) is 6.12. The molecule has 1 aromatic rings. The van der Waals surface area contributed by atoms with Gasteiger partial charge in [-0.1, -0.05) is 0 Å². The Kier molecular flexibility index (Phi) is 3.11. The van der Waals surface area contributed by atoms with Crippen molar-refractivity contribution in [3.63, 3.8) is 0 Å². The maximum Gasteiger partial charge on any atom is 0.123 e. The molecule has 0 aliphatic heterocycles. The van der Waals surface area contributed by atoms with E-state index < -0.39 is 0 Å². The van der Waals surface area contributed by atoms with Crippen LogP contribution in [0.15, 0.2) is 18.2 Å². The number of rotatable bonds is 3. The molecule has 0 unspecified atom stereocenters. The van der Waals surface area contributed by atoms with E-state index in [2.05, 4.69) is 0 Å². The molecule has 0 heterocycles. The molecule has 2 nitrogen and oxygen atoms in total. The molecule has 0 saturated heterocycles. The Morgan fingerprint density at radius 1 is 1.43 bits per heavy atom. The Labute approximate surface area is 83.6 Å². The Bertz CT molecular complexity index is 318. The van der Waals surface area contributed by atoms with Crippen LogP contribution in [0.25, 0.3) is 0 Å². The summed E-state index contributed by atoms with van der Waals surface area (Å²) in [7, 11) is 0. The van der Waals surface area contributed by atoms with Gasteiger partial charge in [0.25, 0.3) is 0 Å². The monoisotopic (exact) mass is 197 g/mol. The summed E-state index contributed by atoms with van der Waals surface area (Å²) in [5.74, 6) is -0.191. The van der Waals surface area contributed by atoms with Gasteiger partial charge in [0.15, 0.2) is 0 Å². The highest BCUT2D eigenvalue weighted by molar-refractivity contribution is 5.32. The molecular formula is C11H16FNO. The first-order valence-corrected chi connectivity index (χ1v) is 4.65. The first kappa shape index (κ1) is 11.0. The summed E-state index contributed by atoms with van der Waals surface area (Å²) in [6.07, 6.45) is 1.30. The molecule has 0 radical (unpaired) electrons. The van der Waals surface area contributed by atoms with E-state index in [4.69, 9.17) is 5.73 Å². The number of benzene rings is 1. The second-order valence-corrected chi connectivity index (χ2v) is 4.26. The van der Waals surface area contributed by atoms with E-state index in [0.717, 1.165) is 0 Å². The standard InChI is InChI=1S/C11H16FNO/c1-11(2,13)6-5-8-7-9(12)3-4-10(8)14/h3-4,7,14H,5-6,13H2,1-2H3. The minimum Gasteiger partial charge on any atom is -0.508 e. The van der Waals surface area contributed by atoms with Gasteiger partial charge in [0.05, 0.1) is 0 Å². The molecule has 0 aliphatic carbocycles. The predicted octanol–water partition coefficient (Wildman–Crippen LogP) is 2.20. The molecular weight excluding hydrogens is 181 g/mol. The van der Waals surface area contributed by atoms with Crippen molar-refractivity contribution in [1.82, 2.24) is 0 Å². The normalized spacial score (nSPS) is 11.7. The van der Waals surface area contributed by atoms with Gasteiger partial charge < -0.3 is 10.8 Å². The largest absolute Gasteiger partial charge is 0.508 e. The average molecular weight is 197 g/mol. The molecule has 3 N–H and O–H groups in total. The van der Waals surface area contributed by atoms with Crippen molar-refractivity contribution in [3.8, 4) is 5.75 Å². The van der Waals surface area contributed by atoms with Crippen molar-refractivity contribution in [2.75, 3.05) is 0 Å². The summed E-state index contributed by atoms with van der Waals surface area (Å²) in [6.45, 7) is 3.81. The molecule has 1 aromatic carbocycles. The molecule has 78 valence electrons. The molecule has 0 atom stereocenters. The highest BCUT2D eigenvalue weighted by Gasteiger charge is 2.12. The minimum atomic E-state index is -0.326. The van der Waals surface area contributed by atoms with Crippen LogP contribution in [0.4, 0.5) is 4.39 Å². The number of aromatic hydroxyl groups is 1. The van der Waals surface area contributed by atoms with Gasteiger partial charge in [-0.05, 0) is 50.5 Å². The first-order chi connectivity index (χ1) is 6.38. The van der Waals surface area contributed by atoms with Gasteiger partial charge in [-0.25, -0.2) is 4.39 Å². The fraction of sp³-hybridized carbons (Fsp3) is 0.455. The second kappa shape index (κ2) is 3.96. The molecule has 0 spiro atoms. The van der Waals surface area contributed by atoms with Crippen molar-refractivity contribution in [1.29, 1.82) is 0 Å². The number of hydrogen-bond acceptors (Lipinski definition) is 2. The SMILES string of the molecule is CC(C)(N)CCc1cc(F)ccc1O. The van der Waals surface area contributed by atoms with Crippen molar-refractivity contribution in [3.05, 3.63) is 29.6 Å². The Hall–Kier alpha value is -1.09. The zero-order chi connectivity index (χ0) is 10.8. The summed E-state index contributed by atoms with van der Waals surface area (Å²) in [4.78, 5) is 0. The van der Waals surface area contributed by atoms with Crippen molar-refractivity contribution < 1.29 is 9.50 Å². The zero-order valence-corrected chi connectivity index (χ0v) is 8.55. The molecule has 0 saturated carbocycles. The fourth-order valence-corrected chi connectivity index (χ4v) is 1.21. The van der Waals surface area contributed by atoms with E-state index in [9.17, 15) is 9.50 Å². The second-order valence-electron chi connectivity index (χ2n) is 4.26. The molecule has 0 bridgehead atoms. The number of phenolic OH excluding ortho intramolecular Hbond substituents is 1. The Morgan fingerprint density at radius 3 is 2.64 bits per heavy atom. The van der Waals surface area contributed by atoms with Gasteiger partial charge in [-0.2, -0.15) is 0 Å². The third-order valence-electron chi connectivity index (χ3n) is 2.08. The first-order valence-electron chi connectivity index (χ1n) is 4.65. The third kappa shape index (κ3) is 3.34. The van der Waals surface area contributed by atoms with E-state index in [1.54, 1.807) is 0 Å². The smallest absolute Gasteiger partial charge is 0.123 e. The van der Waals surface area contributed by atoms with Gasteiger partial charge >= 0.3 is 0 Å². The molecule has 0 fully saturated rings. The van der Waals surface area contributed by atoms with Gasteiger partial charge in [-0.15, -0.1) is 0 Å². The highest BCUT2D eigenvalue weighted by Crippen LogP contribution is 2.21.